The Kier molecular flexibility index (Phi) is 5.84. The molecule has 1 amide bonds. The topological polar surface area (TPSA) is 65.4 Å². The molecule has 0 aliphatic carbocycles. The number of methoxy groups -OCH3 is 2. The number of nitrogens with zero attached hydrogens (tertiary/aromatic N) is 2. The molecule has 2 rings (SSSR count). The zero-order valence-electron chi connectivity index (χ0n) is 14.9. The van der Waals surface area contributed by atoms with Crippen molar-refractivity contribution in [3.8, 4) is 22.8 Å². The summed E-state index contributed by atoms with van der Waals surface area (Å²) in [6, 6.07) is 7.31. The van der Waals surface area contributed by atoms with Crippen molar-refractivity contribution in [1.29, 1.82) is 0 Å². The van der Waals surface area contributed by atoms with Gasteiger partial charge in [-0.1, -0.05) is 13.8 Å². The largest absolute Gasteiger partial charge is 0.497 e. The first-order valence-corrected chi connectivity index (χ1v) is 8.01. The van der Waals surface area contributed by atoms with E-state index in [2.05, 4.69) is 24.3 Å². The number of carbonyl (C=O) groups is 1. The van der Waals surface area contributed by atoms with E-state index in [1.807, 2.05) is 18.2 Å². The number of rotatable bonds is 7. The minimum atomic E-state index is -0.167. The van der Waals surface area contributed by atoms with Crippen molar-refractivity contribution in [2.45, 2.75) is 20.3 Å². The van der Waals surface area contributed by atoms with Gasteiger partial charge in [-0.25, -0.2) is 0 Å². The molecule has 0 unspecified atom stereocenters. The zero-order valence-corrected chi connectivity index (χ0v) is 14.9. The third-order valence-corrected chi connectivity index (χ3v) is 3.80. The van der Waals surface area contributed by atoms with Crippen LogP contribution in [0, 0.1) is 5.92 Å². The van der Waals surface area contributed by atoms with Crippen LogP contribution in [0.1, 0.15) is 30.8 Å². The molecule has 1 aromatic heterocycles. The molecular weight excluding hydrogens is 306 g/mol. The molecule has 0 spiro atoms. The SMILES string of the molecule is COc1ccc(OC)c(-c2cc(C(=O)NCCC(C)C)nn2C)c1. The van der Waals surface area contributed by atoms with Crippen LogP contribution in [-0.4, -0.2) is 36.5 Å². The highest BCUT2D eigenvalue weighted by Crippen LogP contribution is 2.33. The minimum Gasteiger partial charge on any atom is -0.497 e. The summed E-state index contributed by atoms with van der Waals surface area (Å²) < 4.78 is 12.4. The Hall–Kier alpha value is -2.50. The summed E-state index contributed by atoms with van der Waals surface area (Å²) in [7, 11) is 5.03. The van der Waals surface area contributed by atoms with Gasteiger partial charge >= 0.3 is 0 Å². The van der Waals surface area contributed by atoms with Crippen molar-refractivity contribution in [2.24, 2.45) is 13.0 Å². The van der Waals surface area contributed by atoms with Crippen molar-refractivity contribution in [2.75, 3.05) is 20.8 Å². The smallest absolute Gasteiger partial charge is 0.271 e. The average Bonchev–Trinajstić information content (AvgIpc) is 2.95. The Bertz CT molecular complexity index is 708. The van der Waals surface area contributed by atoms with Gasteiger partial charge in [-0.05, 0) is 36.6 Å². The number of ether oxygens (including phenoxy) is 2. The lowest BCUT2D eigenvalue weighted by atomic mass is 10.1. The number of hydrogen-bond acceptors (Lipinski definition) is 4. The molecular formula is C18H25N3O3. The van der Waals surface area contributed by atoms with E-state index in [0.717, 1.165) is 23.4 Å². The first-order chi connectivity index (χ1) is 11.5. The van der Waals surface area contributed by atoms with Crippen LogP contribution >= 0.6 is 0 Å². The maximum atomic E-state index is 12.3. The van der Waals surface area contributed by atoms with Gasteiger partial charge in [0.15, 0.2) is 5.69 Å². The van der Waals surface area contributed by atoms with E-state index >= 15 is 0 Å². The van der Waals surface area contributed by atoms with Crippen molar-refractivity contribution < 1.29 is 14.3 Å². The van der Waals surface area contributed by atoms with Gasteiger partial charge in [0.25, 0.3) is 5.91 Å². The monoisotopic (exact) mass is 331 g/mol. The maximum absolute atomic E-state index is 12.3. The fourth-order valence-electron chi connectivity index (χ4n) is 2.41. The lowest BCUT2D eigenvalue weighted by Gasteiger charge is -2.10. The van der Waals surface area contributed by atoms with Crippen LogP contribution in [-0.2, 0) is 7.05 Å². The molecule has 130 valence electrons. The summed E-state index contributed by atoms with van der Waals surface area (Å²) >= 11 is 0. The van der Waals surface area contributed by atoms with Crippen LogP contribution in [0.3, 0.4) is 0 Å². The Morgan fingerprint density at radius 1 is 1.25 bits per heavy atom. The van der Waals surface area contributed by atoms with Gasteiger partial charge in [0, 0.05) is 19.2 Å². The van der Waals surface area contributed by atoms with Crippen LogP contribution < -0.4 is 14.8 Å². The minimum absolute atomic E-state index is 0.167. The molecule has 2 aromatic rings. The zero-order chi connectivity index (χ0) is 17.7. The number of hydrogen-bond donors (Lipinski definition) is 1. The molecule has 0 bridgehead atoms. The van der Waals surface area contributed by atoms with Gasteiger partial charge in [-0.2, -0.15) is 5.10 Å². The Labute approximate surface area is 142 Å². The van der Waals surface area contributed by atoms with Crippen LogP contribution in [0.4, 0.5) is 0 Å². The number of nitrogens with one attached hydrogen (secondary N) is 1. The molecule has 1 heterocycles. The molecule has 0 aliphatic heterocycles. The lowest BCUT2D eigenvalue weighted by molar-refractivity contribution is 0.0946. The second-order valence-electron chi connectivity index (χ2n) is 6.04. The van der Waals surface area contributed by atoms with Crippen molar-refractivity contribution >= 4 is 5.91 Å². The first kappa shape index (κ1) is 17.8. The van der Waals surface area contributed by atoms with Crippen molar-refractivity contribution in [3.63, 3.8) is 0 Å². The third-order valence-electron chi connectivity index (χ3n) is 3.80. The Morgan fingerprint density at radius 3 is 2.62 bits per heavy atom. The summed E-state index contributed by atoms with van der Waals surface area (Å²) in [6.07, 6.45) is 0.940. The van der Waals surface area contributed by atoms with Crippen LogP contribution in [0.25, 0.3) is 11.3 Å². The summed E-state index contributed by atoms with van der Waals surface area (Å²) in [5.41, 5.74) is 2.01. The first-order valence-electron chi connectivity index (χ1n) is 8.01. The van der Waals surface area contributed by atoms with E-state index in [-0.39, 0.29) is 5.91 Å². The summed E-state index contributed by atoms with van der Waals surface area (Å²) in [4.78, 5) is 12.3. The second kappa shape index (κ2) is 7.86. The Morgan fingerprint density at radius 2 is 2.00 bits per heavy atom. The van der Waals surface area contributed by atoms with Gasteiger partial charge in [0.1, 0.15) is 11.5 Å². The number of amides is 1. The molecule has 24 heavy (non-hydrogen) atoms. The highest BCUT2D eigenvalue weighted by Gasteiger charge is 2.17. The number of carbonyl (C=O) groups excluding carboxylic acids is 1. The summed E-state index contributed by atoms with van der Waals surface area (Å²) in [6.45, 7) is 4.89. The van der Waals surface area contributed by atoms with Crippen LogP contribution in [0.5, 0.6) is 11.5 Å². The molecule has 1 N–H and O–H groups in total. The Balaban J connectivity index is 2.27. The molecule has 0 saturated heterocycles. The second-order valence-corrected chi connectivity index (χ2v) is 6.04. The van der Waals surface area contributed by atoms with Gasteiger partial charge in [0.05, 0.1) is 19.9 Å². The fraction of sp³-hybridized carbons (Fsp3) is 0.444. The molecule has 0 radical (unpaired) electrons. The maximum Gasteiger partial charge on any atom is 0.271 e. The molecule has 0 aliphatic rings. The number of aromatic nitrogens is 2. The lowest BCUT2D eigenvalue weighted by Crippen LogP contribution is -2.25. The van der Waals surface area contributed by atoms with Crippen molar-refractivity contribution in [1.82, 2.24) is 15.1 Å². The van der Waals surface area contributed by atoms with Gasteiger partial charge in [-0.3, -0.25) is 9.48 Å². The van der Waals surface area contributed by atoms with E-state index < -0.39 is 0 Å². The predicted molar refractivity (Wildman–Crippen MR) is 93.5 cm³/mol. The number of aryl methyl sites for hydroxylation is 1. The molecule has 0 saturated carbocycles. The molecule has 6 heteroatoms. The molecule has 6 nitrogen and oxygen atoms in total. The van der Waals surface area contributed by atoms with Gasteiger partial charge < -0.3 is 14.8 Å². The van der Waals surface area contributed by atoms with E-state index in [0.29, 0.717) is 23.9 Å². The van der Waals surface area contributed by atoms with Crippen molar-refractivity contribution in [3.05, 3.63) is 30.0 Å². The molecule has 1 aromatic carbocycles. The highest BCUT2D eigenvalue weighted by molar-refractivity contribution is 5.93. The van der Waals surface area contributed by atoms with E-state index in [9.17, 15) is 4.79 Å². The highest BCUT2D eigenvalue weighted by atomic mass is 16.5. The van der Waals surface area contributed by atoms with Gasteiger partial charge in [0.2, 0.25) is 0 Å². The standard InChI is InChI=1S/C18H25N3O3/c1-12(2)8-9-19-18(22)15-11-16(21(3)20-15)14-10-13(23-4)6-7-17(14)24-5/h6-7,10-12H,8-9H2,1-5H3,(H,19,22). The molecule has 0 fully saturated rings. The quantitative estimate of drug-likeness (QED) is 0.847. The van der Waals surface area contributed by atoms with E-state index in [1.165, 1.54) is 0 Å². The number of benzene rings is 1. The van der Waals surface area contributed by atoms with Crippen LogP contribution in [0.15, 0.2) is 24.3 Å². The summed E-state index contributed by atoms with van der Waals surface area (Å²) in [5.74, 6) is 1.80. The third kappa shape index (κ3) is 4.07. The summed E-state index contributed by atoms with van der Waals surface area (Å²) in [5, 5.41) is 7.23. The average molecular weight is 331 g/mol. The van der Waals surface area contributed by atoms with E-state index in [4.69, 9.17) is 9.47 Å². The van der Waals surface area contributed by atoms with E-state index in [1.54, 1.807) is 32.0 Å². The normalized spacial score (nSPS) is 10.8. The predicted octanol–water partition coefficient (Wildman–Crippen LogP) is 2.88. The van der Waals surface area contributed by atoms with Gasteiger partial charge in [-0.15, -0.1) is 0 Å². The van der Waals surface area contributed by atoms with Crippen LogP contribution in [0.2, 0.25) is 0 Å². The fourth-order valence-corrected chi connectivity index (χ4v) is 2.41. The molecule has 0 atom stereocenters.